The van der Waals surface area contributed by atoms with Gasteiger partial charge in [0.2, 0.25) is 10.0 Å². The summed E-state index contributed by atoms with van der Waals surface area (Å²) >= 11 is 0. The summed E-state index contributed by atoms with van der Waals surface area (Å²) in [5, 5.41) is 7.38. The highest BCUT2D eigenvalue weighted by molar-refractivity contribution is 7.89. The van der Waals surface area contributed by atoms with Crippen LogP contribution in [0, 0.1) is 0 Å². The van der Waals surface area contributed by atoms with E-state index in [9.17, 15) is 8.42 Å². The number of allylic oxidation sites excluding steroid dienone is 1. The van der Waals surface area contributed by atoms with Crippen LogP contribution in [0.1, 0.15) is 26.7 Å². The Kier molecular flexibility index (Phi) is 7.07. The van der Waals surface area contributed by atoms with E-state index in [4.69, 9.17) is 0 Å². The van der Waals surface area contributed by atoms with Crippen molar-refractivity contribution in [1.82, 2.24) is 19.4 Å². The lowest BCUT2D eigenvalue weighted by molar-refractivity contribution is 0.462. The quantitative estimate of drug-likeness (QED) is 0.524. The molecule has 1 heterocycles. The largest absolute Gasteiger partial charge is 0.313 e. The zero-order chi connectivity index (χ0) is 15.9. The molecule has 6 nitrogen and oxygen atoms in total. The topological polar surface area (TPSA) is 67.2 Å². The molecule has 0 aliphatic carbocycles. The molecule has 1 aromatic rings. The minimum atomic E-state index is -3.44. The SMILES string of the molecule is C=CCCCN(C)S(=O)(=O)c1cnn(CCNC(C)C)c1. The summed E-state index contributed by atoms with van der Waals surface area (Å²) in [5.74, 6) is 0. The molecule has 0 radical (unpaired) electrons. The van der Waals surface area contributed by atoms with E-state index in [1.807, 2.05) is 0 Å². The average molecular weight is 314 g/mol. The Hall–Kier alpha value is -1.18. The minimum Gasteiger partial charge on any atom is -0.313 e. The Morgan fingerprint density at radius 3 is 2.86 bits per heavy atom. The summed E-state index contributed by atoms with van der Waals surface area (Å²) in [6, 6.07) is 0.403. The van der Waals surface area contributed by atoms with E-state index < -0.39 is 10.0 Å². The third-order valence-electron chi connectivity index (χ3n) is 3.09. The Morgan fingerprint density at radius 2 is 2.24 bits per heavy atom. The predicted octanol–water partition coefficient (Wildman–Crippen LogP) is 1.47. The van der Waals surface area contributed by atoms with E-state index in [1.165, 1.54) is 10.5 Å². The summed E-state index contributed by atoms with van der Waals surface area (Å²) in [7, 11) is -1.85. The third kappa shape index (κ3) is 5.61. The molecule has 0 aliphatic heterocycles. The normalized spacial score (nSPS) is 12.2. The molecule has 0 aromatic carbocycles. The number of sulfonamides is 1. The molecule has 0 saturated carbocycles. The van der Waals surface area contributed by atoms with Gasteiger partial charge in [0, 0.05) is 32.4 Å². The molecule has 0 aliphatic rings. The molecule has 0 amide bonds. The Labute approximate surface area is 127 Å². The zero-order valence-corrected chi connectivity index (χ0v) is 13.9. The second kappa shape index (κ2) is 8.31. The molecule has 0 unspecified atom stereocenters. The standard InChI is InChI=1S/C14H26N4O2S/c1-5-6-7-9-17(4)21(19,20)14-11-16-18(12-14)10-8-15-13(2)3/h5,11-13,15H,1,6-10H2,2-4H3. The lowest BCUT2D eigenvalue weighted by Gasteiger charge is -2.15. The first-order valence-corrected chi connectivity index (χ1v) is 8.65. The fraction of sp³-hybridized carbons (Fsp3) is 0.643. The summed E-state index contributed by atoms with van der Waals surface area (Å²) in [6.07, 6.45) is 6.36. The second-order valence-electron chi connectivity index (χ2n) is 5.31. The Balaban J connectivity index is 2.62. The van der Waals surface area contributed by atoms with Gasteiger partial charge in [-0.2, -0.15) is 5.10 Å². The van der Waals surface area contributed by atoms with Crippen LogP contribution in [0.15, 0.2) is 29.9 Å². The van der Waals surface area contributed by atoms with Crippen LogP contribution >= 0.6 is 0 Å². The smallest absolute Gasteiger partial charge is 0.245 e. The number of rotatable bonds is 10. The first-order chi connectivity index (χ1) is 9.87. The van der Waals surface area contributed by atoms with Gasteiger partial charge in [0.15, 0.2) is 0 Å². The Morgan fingerprint density at radius 1 is 1.52 bits per heavy atom. The van der Waals surface area contributed by atoms with Crippen LogP contribution in [-0.2, 0) is 16.6 Å². The minimum absolute atomic E-state index is 0.244. The summed E-state index contributed by atoms with van der Waals surface area (Å²) < 4.78 is 27.7. The van der Waals surface area contributed by atoms with E-state index in [-0.39, 0.29) is 4.90 Å². The van der Waals surface area contributed by atoms with Crippen molar-refractivity contribution in [3.05, 3.63) is 25.0 Å². The van der Waals surface area contributed by atoms with Gasteiger partial charge >= 0.3 is 0 Å². The van der Waals surface area contributed by atoms with Gasteiger partial charge < -0.3 is 5.32 Å². The number of hydrogen-bond donors (Lipinski definition) is 1. The molecular formula is C14H26N4O2S. The maximum atomic E-state index is 12.4. The van der Waals surface area contributed by atoms with Crippen LogP contribution in [0.4, 0.5) is 0 Å². The molecule has 0 spiro atoms. The van der Waals surface area contributed by atoms with Crippen molar-refractivity contribution < 1.29 is 8.42 Å². The predicted molar refractivity (Wildman–Crippen MR) is 84.6 cm³/mol. The fourth-order valence-corrected chi connectivity index (χ4v) is 2.99. The van der Waals surface area contributed by atoms with Gasteiger partial charge in [0.05, 0.1) is 12.7 Å². The monoisotopic (exact) mass is 314 g/mol. The van der Waals surface area contributed by atoms with Crippen molar-refractivity contribution in [2.45, 2.75) is 44.2 Å². The molecule has 21 heavy (non-hydrogen) atoms. The van der Waals surface area contributed by atoms with Gasteiger partial charge in [-0.05, 0) is 12.8 Å². The Bertz CT molecular complexity index is 537. The molecule has 7 heteroatoms. The van der Waals surface area contributed by atoms with Crippen LogP contribution in [-0.4, -0.2) is 48.7 Å². The maximum Gasteiger partial charge on any atom is 0.245 e. The van der Waals surface area contributed by atoms with Crippen LogP contribution in [0.5, 0.6) is 0 Å². The highest BCUT2D eigenvalue weighted by Crippen LogP contribution is 2.13. The van der Waals surface area contributed by atoms with Gasteiger partial charge in [-0.1, -0.05) is 19.9 Å². The molecule has 0 bridgehead atoms. The van der Waals surface area contributed by atoms with E-state index in [1.54, 1.807) is 24.0 Å². The summed E-state index contributed by atoms with van der Waals surface area (Å²) in [6.45, 7) is 9.65. The number of aromatic nitrogens is 2. The molecule has 0 atom stereocenters. The summed E-state index contributed by atoms with van der Waals surface area (Å²) in [4.78, 5) is 0.244. The average Bonchev–Trinajstić information content (AvgIpc) is 2.88. The van der Waals surface area contributed by atoms with Crippen molar-refractivity contribution in [3.63, 3.8) is 0 Å². The van der Waals surface area contributed by atoms with Crippen molar-refractivity contribution in [2.24, 2.45) is 0 Å². The van der Waals surface area contributed by atoms with Crippen molar-refractivity contribution in [3.8, 4) is 0 Å². The molecule has 0 saturated heterocycles. The van der Waals surface area contributed by atoms with Crippen molar-refractivity contribution in [2.75, 3.05) is 20.1 Å². The first-order valence-electron chi connectivity index (χ1n) is 7.21. The number of nitrogens with zero attached hydrogens (tertiary/aromatic N) is 3. The number of unbranched alkanes of at least 4 members (excludes halogenated alkanes) is 1. The van der Waals surface area contributed by atoms with Crippen LogP contribution in [0.2, 0.25) is 0 Å². The van der Waals surface area contributed by atoms with Crippen molar-refractivity contribution in [1.29, 1.82) is 0 Å². The van der Waals surface area contributed by atoms with E-state index in [0.29, 0.717) is 19.1 Å². The molecule has 1 rings (SSSR count). The number of hydrogen-bond acceptors (Lipinski definition) is 4. The van der Waals surface area contributed by atoms with Gasteiger partial charge in [0.25, 0.3) is 0 Å². The highest BCUT2D eigenvalue weighted by atomic mass is 32.2. The fourth-order valence-electron chi connectivity index (χ4n) is 1.83. The van der Waals surface area contributed by atoms with Crippen LogP contribution in [0.3, 0.4) is 0 Å². The van der Waals surface area contributed by atoms with Crippen LogP contribution < -0.4 is 5.32 Å². The van der Waals surface area contributed by atoms with Gasteiger partial charge in [-0.15, -0.1) is 6.58 Å². The van der Waals surface area contributed by atoms with Crippen LogP contribution in [0.25, 0.3) is 0 Å². The van der Waals surface area contributed by atoms with E-state index in [2.05, 4.69) is 30.8 Å². The molecule has 1 N–H and O–H groups in total. The lowest BCUT2D eigenvalue weighted by atomic mass is 10.3. The second-order valence-corrected chi connectivity index (χ2v) is 7.35. The van der Waals surface area contributed by atoms with Gasteiger partial charge in [-0.3, -0.25) is 4.68 Å². The van der Waals surface area contributed by atoms with E-state index >= 15 is 0 Å². The maximum absolute atomic E-state index is 12.4. The van der Waals surface area contributed by atoms with Gasteiger partial charge in [0.1, 0.15) is 4.90 Å². The van der Waals surface area contributed by atoms with Crippen molar-refractivity contribution >= 4 is 10.0 Å². The molecular weight excluding hydrogens is 288 g/mol. The van der Waals surface area contributed by atoms with E-state index in [0.717, 1.165) is 19.4 Å². The molecule has 0 fully saturated rings. The highest BCUT2D eigenvalue weighted by Gasteiger charge is 2.21. The zero-order valence-electron chi connectivity index (χ0n) is 13.1. The number of nitrogens with one attached hydrogen (secondary N) is 1. The summed E-state index contributed by atoms with van der Waals surface area (Å²) in [5.41, 5.74) is 0. The van der Waals surface area contributed by atoms with Gasteiger partial charge in [-0.25, -0.2) is 12.7 Å². The first kappa shape index (κ1) is 17.9. The third-order valence-corrected chi connectivity index (χ3v) is 4.90. The molecule has 1 aromatic heterocycles. The lowest BCUT2D eigenvalue weighted by Crippen LogP contribution is -2.28. The molecule has 120 valence electrons.